The Kier molecular flexibility index (Phi) is 11.2. The first kappa shape index (κ1) is 22.2. The number of carbonyl (C=O) groups is 1. The van der Waals surface area contributed by atoms with Gasteiger partial charge in [-0.2, -0.15) is 0 Å². The molecule has 132 valence electrons. The second-order valence-corrected chi connectivity index (χ2v) is 6.92. The van der Waals surface area contributed by atoms with Crippen molar-refractivity contribution in [2.45, 2.75) is 33.2 Å². The number of amides is 1. The Morgan fingerprint density at radius 2 is 2.04 bits per heavy atom. The molecule has 7 heteroatoms. The first-order valence-corrected chi connectivity index (χ1v) is 8.55. The Labute approximate surface area is 161 Å². The normalized spacial score (nSPS) is 12.5. The zero-order chi connectivity index (χ0) is 16.5. The minimum atomic E-state index is -0.00319. The molecule has 1 unspecified atom stereocenters. The molecule has 0 bridgehead atoms. The van der Waals surface area contributed by atoms with E-state index in [4.69, 9.17) is 0 Å². The SMILES string of the molecule is CC(C)C(C)NC(=NCC(=O)N(C)C)NCCc1cccs1.I. The third-order valence-electron chi connectivity index (χ3n) is 3.48. The minimum Gasteiger partial charge on any atom is -0.356 e. The molecule has 0 radical (unpaired) electrons. The van der Waals surface area contributed by atoms with Crippen molar-refractivity contribution in [3.05, 3.63) is 22.4 Å². The summed E-state index contributed by atoms with van der Waals surface area (Å²) in [4.78, 5) is 19.0. The molecular weight excluding hydrogens is 423 g/mol. The Bertz CT molecular complexity index is 474. The van der Waals surface area contributed by atoms with Crippen LogP contribution in [0.1, 0.15) is 25.6 Å². The van der Waals surface area contributed by atoms with Crippen LogP contribution in [0.5, 0.6) is 0 Å². The maximum absolute atomic E-state index is 11.7. The Morgan fingerprint density at radius 1 is 1.35 bits per heavy atom. The summed E-state index contributed by atoms with van der Waals surface area (Å²) in [7, 11) is 3.48. The molecular formula is C16H29IN4OS. The molecule has 0 aliphatic heterocycles. The van der Waals surface area contributed by atoms with E-state index in [-0.39, 0.29) is 36.4 Å². The van der Waals surface area contributed by atoms with E-state index in [1.807, 2.05) is 0 Å². The highest BCUT2D eigenvalue weighted by Gasteiger charge is 2.10. The molecule has 0 aromatic carbocycles. The quantitative estimate of drug-likeness (QED) is 0.380. The van der Waals surface area contributed by atoms with Gasteiger partial charge in [0.2, 0.25) is 5.91 Å². The maximum atomic E-state index is 11.7. The minimum absolute atomic E-state index is 0. The van der Waals surface area contributed by atoms with Gasteiger partial charge in [0.1, 0.15) is 6.54 Å². The van der Waals surface area contributed by atoms with Crippen LogP contribution in [0.4, 0.5) is 0 Å². The molecule has 0 aliphatic carbocycles. The number of guanidine groups is 1. The number of halogens is 1. The highest BCUT2D eigenvalue weighted by atomic mass is 127. The van der Waals surface area contributed by atoms with Crippen LogP contribution in [0, 0.1) is 5.92 Å². The van der Waals surface area contributed by atoms with Crippen molar-refractivity contribution in [2.75, 3.05) is 27.2 Å². The number of nitrogens with zero attached hydrogens (tertiary/aromatic N) is 2. The van der Waals surface area contributed by atoms with Crippen LogP contribution in [-0.4, -0.2) is 50.0 Å². The van der Waals surface area contributed by atoms with Crippen molar-refractivity contribution < 1.29 is 4.79 Å². The van der Waals surface area contributed by atoms with Crippen molar-refractivity contribution in [2.24, 2.45) is 10.9 Å². The van der Waals surface area contributed by atoms with E-state index in [2.05, 4.69) is 53.9 Å². The fourth-order valence-electron chi connectivity index (χ4n) is 1.58. The smallest absolute Gasteiger partial charge is 0.243 e. The Morgan fingerprint density at radius 3 is 2.57 bits per heavy atom. The first-order valence-electron chi connectivity index (χ1n) is 7.67. The lowest BCUT2D eigenvalue weighted by Crippen LogP contribution is -2.45. The van der Waals surface area contributed by atoms with Crippen LogP contribution < -0.4 is 10.6 Å². The fourth-order valence-corrected chi connectivity index (χ4v) is 2.29. The van der Waals surface area contributed by atoms with E-state index in [1.54, 1.807) is 30.3 Å². The topological polar surface area (TPSA) is 56.7 Å². The molecule has 0 spiro atoms. The Balaban J connectivity index is 0.00000484. The summed E-state index contributed by atoms with van der Waals surface area (Å²) in [5.74, 6) is 1.19. The molecule has 1 atom stereocenters. The van der Waals surface area contributed by atoms with Crippen LogP contribution in [-0.2, 0) is 11.2 Å². The molecule has 0 saturated heterocycles. The van der Waals surface area contributed by atoms with Gasteiger partial charge in [0, 0.05) is 31.6 Å². The zero-order valence-corrected chi connectivity index (χ0v) is 17.8. The van der Waals surface area contributed by atoms with Crippen molar-refractivity contribution in [1.82, 2.24) is 15.5 Å². The highest BCUT2D eigenvalue weighted by molar-refractivity contribution is 14.0. The van der Waals surface area contributed by atoms with Gasteiger partial charge in [-0.25, -0.2) is 4.99 Å². The fraction of sp³-hybridized carbons (Fsp3) is 0.625. The average Bonchev–Trinajstić information content (AvgIpc) is 2.96. The first-order chi connectivity index (χ1) is 10.4. The van der Waals surface area contributed by atoms with Gasteiger partial charge < -0.3 is 15.5 Å². The van der Waals surface area contributed by atoms with Crippen molar-refractivity contribution >= 4 is 47.2 Å². The lowest BCUT2D eigenvalue weighted by molar-refractivity contribution is -0.127. The van der Waals surface area contributed by atoms with Crippen molar-refractivity contribution in [3.63, 3.8) is 0 Å². The van der Waals surface area contributed by atoms with Gasteiger partial charge in [-0.1, -0.05) is 19.9 Å². The van der Waals surface area contributed by atoms with Gasteiger partial charge in [-0.15, -0.1) is 35.3 Å². The van der Waals surface area contributed by atoms with E-state index in [1.165, 1.54) is 4.88 Å². The lowest BCUT2D eigenvalue weighted by atomic mass is 10.1. The van der Waals surface area contributed by atoms with Crippen LogP contribution in [0.25, 0.3) is 0 Å². The summed E-state index contributed by atoms with van der Waals surface area (Å²) in [6.45, 7) is 7.40. The van der Waals surface area contributed by atoms with E-state index in [0.29, 0.717) is 17.9 Å². The van der Waals surface area contributed by atoms with Gasteiger partial charge in [0.25, 0.3) is 0 Å². The van der Waals surface area contributed by atoms with Crippen LogP contribution >= 0.6 is 35.3 Å². The number of likely N-dealkylation sites (N-methyl/N-ethyl adjacent to an activating group) is 1. The van der Waals surface area contributed by atoms with Gasteiger partial charge in [-0.05, 0) is 30.7 Å². The van der Waals surface area contributed by atoms with Gasteiger partial charge in [0.15, 0.2) is 5.96 Å². The maximum Gasteiger partial charge on any atom is 0.243 e. The van der Waals surface area contributed by atoms with Gasteiger partial charge in [0.05, 0.1) is 0 Å². The van der Waals surface area contributed by atoms with E-state index >= 15 is 0 Å². The summed E-state index contributed by atoms with van der Waals surface area (Å²) in [6.07, 6.45) is 0.954. The van der Waals surface area contributed by atoms with Gasteiger partial charge in [-0.3, -0.25) is 4.79 Å². The van der Waals surface area contributed by atoms with E-state index < -0.39 is 0 Å². The summed E-state index contributed by atoms with van der Waals surface area (Å²) in [5.41, 5.74) is 0. The lowest BCUT2D eigenvalue weighted by Gasteiger charge is -2.21. The summed E-state index contributed by atoms with van der Waals surface area (Å²) < 4.78 is 0. The molecule has 1 aromatic rings. The van der Waals surface area contributed by atoms with Crippen molar-refractivity contribution in [3.8, 4) is 0 Å². The number of carbonyl (C=O) groups excluding carboxylic acids is 1. The van der Waals surface area contributed by atoms with Crippen LogP contribution in [0.15, 0.2) is 22.5 Å². The standard InChI is InChI=1S/C16H28N4OS.HI/c1-12(2)13(3)19-16(18-11-15(21)20(4)5)17-9-8-14-7-6-10-22-14;/h6-7,10,12-13H,8-9,11H2,1-5H3,(H2,17,18,19);1H. The third-order valence-corrected chi connectivity index (χ3v) is 4.42. The molecule has 23 heavy (non-hydrogen) atoms. The van der Waals surface area contributed by atoms with Crippen LogP contribution in [0.2, 0.25) is 0 Å². The number of aliphatic imine (C=N–C) groups is 1. The zero-order valence-electron chi connectivity index (χ0n) is 14.6. The van der Waals surface area contributed by atoms with Gasteiger partial charge >= 0.3 is 0 Å². The second kappa shape index (κ2) is 11.7. The summed E-state index contributed by atoms with van der Waals surface area (Å²) in [5, 5.41) is 8.76. The highest BCUT2D eigenvalue weighted by Crippen LogP contribution is 2.08. The second-order valence-electron chi connectivity index (χ2n) is 5.89. The largest absolute Gasteiger partial charge is 0.356 e. The molecule has 0 fully saturated rings. The molecule has 1 amide bonds. The molecule has 1 aromatic heterocycles. The predicted molar refractivity (Wildman–Crippen MR) is 110 cm³/mol. The van der Waals surface area contributed by atoms with E-state index in [9.17, 15) is 4.79 Å². The summed E-state index contributed by atoms with van der Waals surface area (Å²) in [6, 6.07) is 4.48. The number of nitrogens with one attached hydrogen (secondary N) is 2. The van der Waals surface area contributed by atoms with Crippen LogP contribution in [0.3, 0.4) is 0 Å². The number of rotatable bonds is 7. The third kappa shape index (κ3) is 9.14. The Hall–Kier alpha value is -0.830. The average molecular weight is 452 g/mol. The number of hydrogen-bond donors (Lipinski definition) is 2. The molecule has 2 N–H and O–H groups in total. The number of hydrogen-bond acceptors (Lipinski definition) is 3. The number of thiophene rings is 1. The predicted octanol–water partition coefficient (Wildman–Crippen LogP) is 2.58. The molecule has 1 rings (SSSR count). The molecule has 1 heterocycles. The van der Waals surface area contributed by atoms with Crippen molar-refractivity contribution in [1.29, 1.82) is 0 Å². The monoisotopic (exact) mass is 452 g/mol. The van der Waals surface area contributed by atoms with E-state index in [0.717, 1.165) is 13.0 Å². The molecule has 5 nitrogen and oxygen atoms in total. The molecule has 0 saturated carbocycles. The summed E-state index contributed by atoms with van der Waals surface area (Å²) >= 11 is 1.75. The molecule has 0 aliphatic rings.